The summed E-state index contributed by atoms with van der Waals surface area (Å²) in [5.74, 6) is 1.75. The average Bonchev–Trinajstić information content (AvgIpc) is 1.86. The number of terminal acetylenes is 1. The van der Waals surface area contributed by atoms with Crippen LogP contribution in [0.25, 0.3) is 0 Å². The number of nitrogens with one attached hydrogen (secondary N) is 1. The van der Waals surface area contributed by atoms with E-state index in [0.29, 0.717) is 0 Å². The van der Waals surface area contributed by atoms with Crippen LogP contribution in [0.3, 0.4) is 0 Å². The molecule has 0 radical (unpaired) electrons. The summed E-state index contributed by atoms with van der Waals surface area (Å²) < 4.78 is 12.6. The van der Waals surface area contributed by atoms with E-state index in [2.05, 4.69) is 10.6 Å². The zero-order valence-electron chi connectivity index (χ0n) is 6.16. The number of hydrogen-bond donors (Lipinski definition) is 2. The SMILES string of the molecule is C#CC[C@H](N)C(=O)NS(C)=O. The van der Waals surface area contributed by atoms with Crippen LogP contribution in [0.1, 0.15) is 6.42 Å². The van der Waals surface area contributed by atoms with Crippen LogP contribution in [0.15, 0.2) is 0 Å². The van der Waals surface area contributed by atoms with Gasteiger partial charge in [0.1, 0.15) is 11.0 Å². The summed E-state index contributed by atoms with van der Waals surface area (Å²) in [7, 11) is -1.37. The van der Waals surface area contributed by atoms with E-state index in [1.165, 1.54) is 6.26 Å². The molecule has 0 heterocycles. The fraction of sp³-hybridized carbons (Fsp3) is 0.500. The van der Waals surface area contributed by atoms with Gasteiger partial charge in [0, 0.05) is 12.7 Å². The molecule has 0 rings (SSSR count). The highest BCUT2D eigenvalue weighted by molar-refractivity contribution is 7.82. The van der Waals surface area contributed by atoms with Crippen LogP contribution >= 0.6 is 0 Å². The number of carbonyl (C=O) groups is 1. The quantitative estimate of drug-likeness (QED) is 0.525. The minimum Gasteiger partial charge on any atom is -0.319 e. The minimum atomic E-state index is -1.37. The number of rotatable bonds is 3. The molecule has 1 unspecified atom stereocenters. The van der Waals surface area contributed by atoms with Crippen molar-refractivity contribution in [2.75, 3.05) is 6.26 Å². The molecule has 2 atom stereocenters. The molecule has 0 fully saturated rings. The summed E-state index contributed by atoms with van der Waals surface area (Å²) >= 11 is 0. The van der Waals surface area contributed by atoms with Crippen molar-refractivity contribution in [2.24, 2.45) is 5.73 Å². The predicted octanol–water partition coefficient (Wildman–Crippen LogP) is -1.25. The summed E-state index contributed by atoms with van der Waals surface area (Å²) in [6.45, 7) is 0. The molecule has 0 spiro atoms. The molecule has 4 nitrogen and oxygen atoms in total. The van der Waals surface area contributed by atoms with Crippen LogP contribution in [0.5, 0.6) is 0 Å². The van der Waals surface area contributed by atoms with Crippen LogP contribution < -0.4 is 10.5 Å². The molecule has 62 valence electrons. The summed E-state index contributed by atoms with van der Waals surface area (Å²) in [5, 5.41) is 0. The van der Waals surface area contributed by atoms with Crippen molar-refractivity contribution in [3.8, 4) is 12.3 Å². The molecule has 0 aromatic carbocycles. The third-order valence-electron chi connectivity index (χ3n) is 0.919. The lowest BCUT2D eigenvalue weighted by Crippen LogP contribution is -2.40. The Morgan fingerprint density at radius 2 is 2.45 bits per heavy atom. The van der Waals surface area contributed by atoms with Crippen LogP contribution in [-0.2, 0) is 15.8 Å². The Morgan fingerprint density at radius 3 is 2.82 bits per heavy atom. The second-order valence-electron chi connectivity index (χ2n) is 1.94. The fourth-order valence-electron chi connectivity index (χ4n) is 0.437. The molecular weight excluding hydrogens is 164 g/mol. The zero-order valence-corrected chi connectivity index (χ0v) is 6.98. The Hall–Kier alpha value is -0.860. The van der Waals surface area contributed by atoms with Crippen molar-refractivity contribution in [3.63, 3.8) is 0 Å². The van der Waals surface area contributed by atoms with Gasteiger partial charge in [-0.05, 0) is 0 Å². The molecule has 0 aliphatic rings. The first-order chi connectivity index (χ1) is 5.07. The molecule has 0 aliphatic carbocycles. The predicted molar refractivity (Wildman–Crippen MR) is 43.6 cm³/mol. The molecular formula is C6H10N2O2S. The maximum absolute atomic E-state index is 10.8. The van der Waals surface area contributed by atoms with Crippen LogP contribution in [0.4, 0.5) is 0 Å². The van der Waals surface area contributed by atoms with Crippen LogP contribution in [-0.4, -0.2) is 22.4 Å². The summed E-state index contributed by atoms with van der Waals surface area (Å²) in [6.07, 6.45) is 6.42. The monoisotopic (exact) mass is 174 g/mol. The van der Waals surface area contributed by atoms with Gasteiger partial charge in [-0.15, -0.1) is 12.3 Å². The third-order valence-corrected chi connectivity index (χ3v) is 1.41. The van der Waals surface area contributed by atoms with E-state index in [1.807, 2.05) is 0 Å². The van der Waals surface area contributed by atoms with Crippen molar-refractivity contribution in [1.82, 2.24) is 4.72 Å². The van der Waals surface area contributed by atoms with E-state index in [4.69, 9.17) is 12.2 Å². The topological polar surface area (TPSA) is 72.2 Å². The largest absolute Gasteiger partial charge is 0.319 e. The Labute approximate surface area is 68.1 Å². The van der Waals surface area contributed by atoms with Gasteiger partial charge in [0.25, 0.3) is 0 Å². The van der Waals surface area contributed by atoms with Gasteiger partial charge in [0.2, 0.25) is 5.91 Å². The van der Waals surface area contributed by atoms with Crippen molar-refractivity contribution in [3.05, 3.63) is 0 Å². The second-order valence-corrected chi connectivity index (χ2v) is 3.05. The number of hydrogen-bond acceptors (Lipinski definition) is 3. The van der Waals surface area contributed by atoms with E-state index in [0.717, 1.165) is 0 Å². The molecule has 1 amide bonds. The highest BCUT2D eigenvalue weighted by atomic mass is 32.2. The Bertz CT molecular complexity index is 209. The Balaban J connectivity index is 3.85. The van der Waals surface area contributed by atoms with Gasteiger partial charge >= 0.3 is 0 Å². The van der Waals surface area contributed by atoms with Gasteiger partial charge in [0.05, 0.1) is 6.04 Å². The summed E-state index contributed by atoms with van der Waals surface area (Å²) in [5.41, 5.74) is 5.29. The summed E-state index contributed by atoms with van der Waals surface area (Å²) in [6, 6.07) is -0.760. The van der Waals surface area contributed by atoms with Gasteiger partial charge in [-0.3, -0.25) is 9.52 Å². The zero-order chi connectivity index (χ0) is 8.85. The second kappa shape index (κ2) is 4.88. The molecule has 0 bridgehead atoms. The molecule has 0 aliphatic heterocycles. The first-order valence-corrected chi connectivity index (χ1v) is 4.46. The maximum Gasteiger partial charge on any atom is 0.249 e. The number of amides is 1. The molecule has 11 heavy (non-hydrogen) atoms. The van der Waals surface area contributed by atoms with E-state index >= 15 is 0 Å². The van der Waals surface area contributed by atoms with Crippen molar-refractivity contribution < 1.29 is 9.00 Å². The standard InChI is InChI=1S/C6H10N2O2S/c1-3-4-5(7)6(9)8-11(2)10/h1,5H,4,7H2,2H3,(H,8,9)/t5-,11?/m0/s1. The lowest BCUT2D eigenvalue weighted by Gasteiger charge is -2.05. The highest BCUT2D eigenvalue weighted by Crippen LogP contribution is 1.85. The molecule has 0 saturated heterocycles. The number of nitrogens with two attached hydrogens (primary N) is 1. The van der Waals surface area contributed by atoms with E-state index in [9.17, 15) is 9.00 Å². The third kappa shape index (κ3) is 4.53. The highest BCUT2D eigenvalue weighted by Gasteiger charge is 2.11. The molecule has 0 aromatic heterocycles. The lowest BCUT2D eigenvalue weighted by molar-refractivity contribution is -0.120. The normalized spacial score (nSPS) is 14.6. The molecule has 0 saturated carbocycles. The summed E-state index contributed by atoms with van der Waals surface area (Å²) in [4.78, 5) is 10.8. The van der Waals surface area contributed by atoms with Gasteiger partial charge < -0.3 is 5.73 Å². The molecule has 0 aromatic rings. The van der Waals surface area contributed by atoms with E-state index < -0.39 is 22.9 Å². The number of carbonyl (C=O) groups excluding carboxylic acids is 1. The van der Waals surface area contributed by atoms with Gasteiger partial charge in [-0.2, -0.15) is 0 Å². The maximum atomic E-state index is 10.8. The Kier molecular flexibility index (Phi) is 4.50. The first-order valence-electron chi connectivity index (χ1n) is 2.91. The Morgan fingerprint density at radius 1 is 1.91 bits per heavy atom. The minimum absolute atomic E-state index is 0.156. The first kappa shape index (κ1) is 10.1. The van der Waals surface area contributed by atoms with Gasteiger partial charge in [-0.1, -0.05) is 0 Å². The van der Waals surface area contributed by atoms with Crippen molar-refractivity contribution in [1.29, 1.82) is 0 Å². The van der Waals surface area contributed by atoms with Gasteiger partial charge in [0.15, 0.2) is 0 Å². The average molecular weight is 174 g/mol. The molecule has 5 heteroatoms. The molecule has 3 N–H and O–H groups in total. The lowest BCUT2D eigenvalue weighted by atomic mass is 10.2. The van der Waals surface area contributed by atoms with Crippen molar-refractivity contribution >= 4 is 16.9 Å². The van der Waals surface area contributed by atoms with Crippen molar-refractivity contribution in [2.45, 2.75) is 12.5 Å². The van der Waals surface area contributed by atoms with Crippen LogP contribution in [0.2, 0.25) is 0 Å². The smallest absolute Gasteiger partial charge is 0.249 e. The van der Waals surface area contributed by atoms with E-state index in [1.54, 1.807) is 0 Å². The van der Waals surface area contributed by atoms with E-state index in [-0.39, 0.29) is 6.42 Å². The fourth-order valence-corrected chi connectivity index (χ4v) is 0.872. The van der Waals surface area contributed by atoms with Gasteiger partial charge in [-0.25, -0.2) is 4.21 Å². The van der Waals surface area contributed by atoms with Crippen LogP contribution in [0, 0.1) is 12.3 Å².